The molecule has 0 aromatic heterocycles. The molecule has 73 valence electrons. The minimum atomic E-state index is 0.448. The molecule has 12 heavy (non-hydrogen) atoms. The van der Waals surface area contributed by atoms with Gasteiger partial charge in [-0.1, -0.05) is 53.4 Å². The fourth-order valence-corrected chi connectivity index (χ4v) is 1.59. The van der Waals surface area contributed by atoms with E-state index in [0.717, 1.165) is 0 Å². The molecule has 0 nitrogen and oxygen atoms in total. The molecule has 0 aliphatic rings. The molecule has 0 heterocycles. The smallest absolute Gasteiger partial charge is 0.0326 e. The van der Waals surface area contributed by atoms with Crippen LogP contribution >= 0.6 is 0 Å². The summed E-state index contributed by atoms with van der Waals surface area (Å²) < 4.78 is 0. The molecule has 0 amide bonds. The summed E-state index contributed by atoms with van der Waals surface area (Å²) in [6.07, 6.45) is 6.61. The third-order valence-corrected chi connectivity index (χ3v) is 3.02. The van der Waals surface area contributed by atoms with Crippen LogP contribution < -0.4 is 0 Å². The van der Waals surface area contributed by atoms with Crippen molar-refractivity contribution in [1.82, 2.24) is 0 Å². The first-order valence-electron chi connectivity index (χ1n) is 5.37. The average molecular weight is 169 g/mol. The first kappa shape index (κ1) is 12.0. The minimum absolute atomic E-state index is 0.448. The Hall–Kier alpha value is 0. The Bertz CT molecular complexity index is 103. The third-order valence-electron chi connectivity index (χ3n) is 3.02. The zero-order valence-corrected chi connectivity index (χ0v) is 9.32. The van der Waals surface area contributed by atoms with Gasteiger partial charge in [-0.25, -0.2) is 0 Å². The molecule has 0 spiro atoms. The Kier molecular flexibility index (Phi) is 5.61. The highest BCUT2D eigenvalue weighted by Gasteiger charge is 2.23. The Morgan fingerprint density at radius 1 is 1.17 bits per heavy atom. The van der Waals surface area contributed by atoms with E-state index in [2.05, 4.69) is 34.6 Å². The molecule has 0 aliphatic heterocycles. The van der Waals surface area contributed by atoms with Crippen LogP contribution in [0.5, 0.6) is 0 Å². The second-order valence-electron chi connectivity index (χ2n) is 4.55. The van der Waals surface area contributed by atoms with Gasteiger partial charge in [0, 0.05) is 0 Å². The topological polar surface area (TPSA) is 0 Å². The van der Waals surface area contributed by atoms with E-state index < -0.39 is 0 Å². The third kappa shape index (κ3) is 4.13. The molecule has 0 saturated carbocycles. The van der Waals surface area contributed by atoms with Crippen molar-refractivity contribution in [3.05, 3.63) is 6.92 Å². The molecule has 0 aromatic carbocycles. The second kappa shape index (κ2) is 5.61. The van der Waals surface area contributed by atoms with Crippen LogP contribution in [0.4, 0.5) is 0 Å². The Morgan fingerprint density at radius 3 is 2.17 bits per heavy atom. The molecule has 0 rings (SSSR count). The predicted octanol–water partition coefficient (Wildman–Crippen LogP) is 4.45. The van der Waals surface area contributed by atoms with Gasteiger partial charge < -0.3 is 0 Å². The van der Waals surface area contributed by atoms with E-state index in [4.69, 9.17) is 0 Å². The molecule has 0 bridgehead atoms. The van der Waals surface area contributed by atoms with E-state index in [0.29, 0.717) is 11.3 Å². The maximum atomic E-state index is 4.21. The summed E-state index contributed by atoms with van der Waals surface area (Å²) in [6, 6.07) is 0. The number of rotatable bonds is 6. The monoisotopic (exact) mass is 169 g/mol. The lowest BCUT2D eigenvalue weighted by Crippen LogP contribution is -2.21. The molecule has 1 radical (unpaired) electrons. The van der Waals surface area contributed by atoms with Crippen molar-refractivity contribution in [1.29, 1.82) is 0 Å². The highest BCUT2D eigenvalue weighted by Crippen LogP contribution is 2.33. The maximum absolute atomic E-state index is 4.21. The maximum Gasteiger partial charge on any atom is -0.0326 e. The molecule has 0 aliphatic carbocycles. The standard InChI is InChI=1S/C12H25/c1-6-8-9-10-12(4,5)11(3)7-2/h11H,3,6-10H2,1-2,4-5H3. The van der Waals surface area contributed by atoms with E-state index in [-0.39, 0.29) is 0 Å². The summed E-state index contributed by atoms with van der Waals surface area (Å²) >= 11 is 0. The van der Waals surface area contributed by atoms with Crippen LogP contribution in [0.3, 0.4) is 0 Å². The fraction of sp³-hybridized carbons (Fsp3) is 0.917. The van der Waals surface area contributed by atoms with Gasteiger partial charge in [0.1, 0.15) is 0 Å². The van der Waals surface area contributed by atoms with E-state index >= 15 is 0 Å². The molecular formula is C12H25. The lowest BCUT2D eigenvalue weighted by atomic mass is 9.75. The van der Waals surface area contributed by atoms with Crippen molar-refractivity contribution in [3.8, 4) is 0 Å². The molecule has 1 atom stereocenters. The van der Waals surface area contributed by atoms with Crippen molar-refractivity contribution in [2.75, 3.05) is 0 Å². The largest absolute Gasteiger partial charge is 0.0654 e. The van der Waals surface area contributed by atoms with Crippen LogP contribution in [0.25, 0.3) is 0 Å². The molecule has 0 heteroatoms. The molecule has 0 aromatic rings. The quantitative estimate of drug-likeness (QED) is 0.515. The van der Waals surface area contributed by atoms with E-state index in [9.17, 15) is 0 Å². The zero-order chi connectivity index (χ0) is 9.61. The lowest BCUT2D eigenvalue weighted by molar-refractivity contribution is 0.222. The Morgan fingerprint density at radius 2 is 1.75 bits per heavy atom. The van der Waals surface area contributed by atoms with Gasteiger partial charge in [0.25, 0.3) is 0 Å². The van der Waals surface area contributed by atoms with Gasteiger partial charge in [-0.05, 0) is 24.7 Å². The predicted molar refractivity (Wildman–Crippen MR) is 57.1 cm³/mol. The summed E-state index contributed by atoms with van der Waals surface area (Å²) in [4.78, 5) is 0. The van der Waals surface area contributed by atoms with Gasteiger partial charge in [0.15, 0.2) is 0 Å². The summed E-state index contributed by atoms with van der Waals surface area (Å²) in [7, 11) is 0. The first-order chi connectivity index (χ1) is 5.54. The van der Waals surface area contributed by atoms with Gasteiger partial charge in [-0.2, -0.15) is 0 Å². The number of hydrogen-bond acceptors (Lipinski definition) is 0. The number of unbranched alkanes of at least 4 members (excludes halogenated alkanes) is 2. The fourth-order valence-electron chi connectivity index (χ4n) is 1.59. The Balaban J connectivity index is 3.70. The van der Waals surface area contributed by atoms with Crippen molar-refractivity contribution >= 4 is 0 Å². The zero-order valence-electron chi connectivity index (χ0n) is 9.32. The first-order valence-corrected chi connectivity index (χ1v) is 5.37. The minimum Gasteiger partial charge on any atom is -0.0654 e. The summed E-state index contributed by atoms with van der Waals surface area (Å²) in [5.74, 6) is 0.620. The summed E-state index contributed by atoms with van der Waals surface area (Å²) in [6.45, 7) is 13.4. The summed E-state index contributed by atoms with van der Waals surface area (Å²) in [5.41, 5.74) is 0.448. The highest BCUT2D eigenvalue weighted by atomic mass is 14.3. The van der Waals surface area contributed by atoms with Crippen molar-refractivity contribution in [2.45, 2.75) is 59.8 Å². The second-order valence-corrected chi connectivity index (χ2v) is 4.55. The highest BCUT2D eigenvalue weighted by molar-refractivity contribution is 4.78. The van der Waals surface area contributed by atoms with Crippen LogP contribution in [0.15, 0.2) is 0 Å². The molecular weight excluding hydrogens is 144 g/mol. The lowest BCUT2D eigenvalue weighted by Gasteiger charge is -2.31. The molecule has 0 saturated heterocycles. The molecule has 0 fully saturated rings. The van der Waals surface area contributed by atoms with Crippen molar-refractivity contribution < 1.29 is 0 Å². The van der Waals surface area contributed by atoms with E-state index in [1.165, 1.54) is 32.1 Å². The van der Waals surface area contributed by atoms with Crippen molar-refractivity contribution in [3.63, 3.8) is 0 Å². The van der Waals surface area contributed by atoms with E-state index in [1.54, 1.807) is 0 Å². The van der Waals surface area contributed by atoms with Crippen LogP contribution in [0, 0.1) is 18.3 Å². The van der Waals surface area contributed by atoms with Gasteiger partial charge >= 0.3 is 0 Å². The van der Waals surface area contributed by atoms with Gasteiger partial charge in [0.05, 0.1) is 0 Å². The van der Waals surface area contributed by atoms with Crippen LogP contribution in [0.1, 0.15) is 59.8 Å². The number of hydrogen-bond donors (Lipinski definition) is 0. The summed E-state index contributed by atoms with van der Waals surface area (Å²) in [5, 5.41) is 0. The normalized spacial score (nSPS) is 14.8. The van der Waals surface area contributed by atoms with Crippen LogP contribution in [-0.4, -0.2) is 0 Å². The van der Waals surface area contributed by atoms with Gasteiger partial charge in [0.2, 0.25) is 0 Å². The molecule has 0 N–H and O–H groups in total. The van der Waals surface area contributed by atoms with Crippen LogP contribution in [0.2, 0.25) is 0 Å². The van der Waals surface area contributed by atoms with E-state index in [1.807, 2.05) is 0 Å². The molecule has 1 unspecified atom stereocenters. The average Bonchev–Trinajstić information content (AvgIpc) is 2.03. The van der Waals surface area contributed by atoms with Gasteiger partial charge in [-0.15, -0.1) is 0 Å². The Labute approximate surface area is 78.8 Å². The van der Waals surface area contributed by atoms with Crippen molar-refractivity contribution in [2.24, 2.45) is 11.3 Å². The van der Waals surface area contributed by atoms with Gasteiger partial charge in [-0.3, -0.25) is 0 Å². The SMILES string of the molecule is [CH2]C(CC)C(C)(C)CCCCC. The van der Waals surface area contributed by atoms with Crippen LogP contribution in [-0.2, 0) is 0 Å².